The summed E-state index contributed by atoms with van der Waals surface area (Å²) < 4.78 is 5.20. The van der Waals surface area contributed by atoms with Gasteiger partial charge in [0, 0.05) is 12.1 Å². The predicted molar refractivity (Wildman–Crippen MR) is 89.3 cm³/mol. The monoisotopic (exact) mass is 315 g/mol. The molecule has 4 heteroatoms. The number of esters is 1. The van der Waals surface area contributed by atoms with E-state index in [-0.39, 0.29) is 35.2 Å². The zero-order valence-electron chi connectivity index (χ0n) is 14.3. The van der Waals surface area contributed by atoms with Crippen molar-refractivity contribution in [2.75, 3.05) is 11.5 Å². The third-order valence-electron chi connectivity index (χ3n) is 4.92. The average molecular weight is 315 g/mol. The number of amides is 1. The normalized spacial score (nSPS) is 26.7. The van der Waals surface area contributed by atoms with Gasteiger partial charge in [-0.1, -0.05) is 39.0 Å². The number of ether oxygens (including phenoxy) is 1. The maximum atomic E-state index is 12.6. The Morgan fingerprint density at radius 3 is 2.65 bits per heavy atom. The lowest BCUT2D eigenvalue weighted by Crippen LogP contribution is -2.39. The molecule has 1 saturated carbocycles. The van der Waals surface area contributed by atoms with Crippen LogP contribution in [0.4, 0.5) is 5.69 Å². The predicted octanol–water partition coefficient (Wildman–Crippen LogP) is 3.29. The Labute approximate surface area is 137 Å². The molecule has 0 N–H and O–H groups in total. The number of para-hydroxylation sites is 1. The summed E-state index contributed by atoms with van der Waals surface area (Å²) in [6.45, 7) is 8.65. The second kappa shape index (κ2) is 5.66. The van der Waals surface area contributed by atoms with Crippen molar-refractivity contribution in [1.82, 2.24) is 0 Å². The van der Waals surface area contributed by atoms with Gasteiger partial charge < -0.3 is 9.64 Å². The number of nitrogens with zero attached hydrogens (tertiary/aromatic N) is 1. The maximum Gasteiger partial charge on any atom is 0.311 e. The molecule has 1 saturated heterocycles. The summed E-state index contributed by atoms with van der Waals surface area (Å²) in [4.78, 5) is 26.7. The van der Waals surface area contributed by atoms with Gasteiger partial charge in [0.25, 0.3) is 0 Å². The molecule has 23 heavy (non-hydrogen) atoms. The number of piperidine rings is 1. The lowest BCUT2D eigenvalue weighted by atomic mass is 9.85. The van der Waals surface area contributed by atoms with E-state index < -0.39 is 0 Å². The second-order valence-electron chi connectivity index (χ2n) is 7.50. The highest BCUT2D eigenvalue weighted by molar-refractivity contribution is 5.99. The summed E-state index contributed by atoms with van der Waals surface area (Å²) >= 11 is 0. The van der Waals surface area contributed by atoms with Gasteiger partial charge in [0.05, 0.1) is 18.6 Å². The van der Waals surface area contributed by atoms with E-state index in [1.54, 1.807) is 0 Å². The van der Waals surface area contributed by atoms with Crippen molar-refractivity contribution in [1.29, 1.82) is 0 Å². The molecule has 2 fully saturated rings. The van der Waals surface area contributed by atoms with Crippen LogP contribution in [0.15, 0.2) is 24.3 Å². The van der Waals surface area contributed by atoms with Gasteiger partial charge in [0.2, 0.25) is 5.91 Å². The van der Waals surface area contributed by atoms with E-state index in [1.165, 1.54) is 0 Å². The van der Waals surface area contributed by atoms with Gasteiger partial charge in [-0.25, -0.2) is 0 Å². The molecule has 3 rings (SSSR count). The third kappa shape index (κ3) is 2.75. The molecule has 0 unspecified atom stereocenters. The van der Waals surface area contributed by atoms with E-state index >= 15 is 0 Å². The van der Waals surface area contributed by atoms with Crippen LogP contribution in [0.1, 0.15) is 46.1 Å². The number of hydrogen-bond donors (Lipinski definition) is 0. The lowest BCUT2D eigenvalue weighted by molar-refractivity contribution is -0.145. The summed E-state index contributed by atoms with van der Waals surface area (Å²) in [6, 6.07) is 8.02. The zero-order chi connectivity index (χ0) is 16.8. The topological polar surface area (TPSA) is 46.6 Å². The molecular formula is C19H25NO3. The van der Waals surface area contributed by atoms with Crippen LogP contribution in [-0.4, -0.2) is 24.5 Å². The molecule has 0 spiro atoms. The SMILES string of the molecule is CCOC(=O)[C@@H]1[C@@H]2CCC(=O)N(c3ccccc3C(C)(C)C)[C@@H]21. The first-order valence-corrected chi connectivity index (χ1v) is 8.44. The fraction of sp³-hybridized carbons (Fsp3) is 0.579. The minimum atomic E-state index is -0.158. The van der Waals surface area contributed by atoms with Gasteiger partial charge in [-0.05, 0) is 36.3 Å². The Hall–Kier alpha value is -1.84. The Morgan fingerprint density at radius 1 is 1.30 bits per heavy atom. The van der Waals surface area contributed by atoms with Crippen LogP contribution in [0, 0.1) is 11.8 Å². The summed E-state index contributed by atoms with van der Waals surface area (Å²) in [5, 5.41) is 0. The van der Waals surface area contributed by atoms with Gasteiger partial charge in [-0.15, -0.1) is 0 Å². The summed E-state index contributed by atoms with van der Waals surface area (Å²) in [5.74, 6) is 0.0550. The molecule has 1 aromatic rings. The molecule has 0 bridgehead atoms. The molecule has 2 aliphatic rings. The van der Waals surface area contributed by atoms with Gasteiger partial charge in [-0.3, -0.25) is 9.59 Å². The second-order valence-corrected chi connectivity index (χ2v) is 7.50. The van der Waals surface area contributed by atoms with Crippen molar-refractivity contribution >= 4 is 17.6 Å². The summed E-state index contributed by atoms with van der Waals surface area (Å²) in [6.07, 6.45) is 1.30. The highest BCUT2D eigenvalue weighted by Crippen LogP contribution is 2.52. The standard InChI is InChI=1S/C19H25NO3/c1-5-23-18(22)16-12-10-11-15(21)20(17(12)16)14-9-7-6-8-13(14)19(2,3)4/h6-9,12,16-17H,5,10-11H2,1-4H3/t12-,16+,17-/m0/s1. The molecule has 0 radical (unpaired) electrons. The number of rotatable bonds is 3. The molecule has 1 aromatic carbocycles. The van der Waals surface area contributed by atoms with Crippen molar-refractivity contribution < 1.29 is 14.3 Å². The first-order chi connectivity index (χ1) is 10.9. The van der Waals surface area contributed by atoms with Crippen molar-refractivity contribution in [3.63, 3.8) is 0 Å². The van der Waals surface area contributed by atoms with Gasteiger partial charge >= 0.3 is 5.97 Å². The molecular weight excluding hydrogens is 290 g/mol. The Kier molecular flexibility index (Phi) is 3.95. The Balaban J connectivity index is 1.96. The van der Waals surface area contributed by atoms with E-state index in [4.69, 9.17) is 4.74 Å². The van der Waals surface area contributed by atoms with E-state index in [0.717, 1.165) is 17.7 Å². The molecule has 4 nitrogen and oxygen atoms in total. The summed E-state index contributed by atoms with van der Waals surface area (Å²) in [7, 11) is 0. The highest BCUT2D eigenvalue weighted by atomic mass is 16.5. The Bertz CT molecular complexity index is 632. The number of fused-ring (bicyclic) bond motifs is 1. The Morgan fingerprint density at radius 2 is 2.00 bits per heavy atom. The van der Waals surface area contributed by atoms with E-state index in [1.807, 2.05) is 30.0 Å². The number of hydrogen-bond acceptors (Lipinski definition) is 3. The van der Waals surface area contributed by atoms with E-state index in [0.29, 0.717) is 13.0 Å². The first kappa shape index (κ1) is 16.0. The first-order valence-electron chi connectivity index (χ1n) is 8.44. The molecule has 124 valence electrons. The van der Waals surface area contributed by atoms with Crippen LogP contribution < -0.4 is 4.90 Å². The summed E-state index contributed by atoms with van der Waals surface area (Å²) in [5.41, 5.74) is 2.04. The molecule has 3 atom stereocenters. The number of anilines is 1. The number of benzene rings is 1. The number of carbonyl (C=O) groups excluding carboxylic acids is 2. The maximum absolute atomic E-state index is 12.6. The lowest BCUT2D eigenvalue weighted by Gasteiger charge is -2.32. The molecule has 1 amide bonds. The van der Waals surface area contributed by atoms with Gasteiger partial charge in [-0.2, -0.15) is 0 Å². The smallest absolute Gasteiger partial charge is 0.311 e. The highest BCUT2D eigenvalue weighted by Gasteiger charge is 2.62. The van der Waals surface area contributed by atoms with Gasteiger partial charge in [0.15, 0.2) is 0 Å². The largest absolute Gasteiger partial charge is 0.466 e. The minimum absolute atomic E-state index is 0.0289. The fourth-order valence-electron chi connectivity index (χ4n) is 3.80. The van der Waals surface area contributed by atoms with Crippen LogP contribution in [0.2, 0.25) is 0 Å². The van der Waals surface area contributed by atoms with E-state index in [9.17, 15) is 9.59 Å². The van der Waals surface area contributed by atoms with Crippen LogP contribution in [0.5, 0.6) is 0 Å². The van der Waals surface area contributed by atoms with Crippen LogP contribution in [-0.2, 0) is 19.7 Å². The molecule has 1 aliphatic heterocycles. The van der Waals surface area contributed by atoms with Crippen LogP contribution >= 0.6 is 0 Å². The van der Waals surface area contributed by atoms with Crippen molar-refractivity contribution in [3.05, 3.63) is 29.8 Å². The van der Waals surface area contributed by atoms with E-state index in [2.05, 4.69) is 26.8 Å². The molecule has 1 heterocycles. The average Bonchev–Trinajstić information content (AvgIpc) is 3.21. The van der Waals surface area contributed by atoms with Gasteiger partial charge in [0.1, 0.15) is 0 Å². The van der Waals surface area contributed by atoms with Crippen LogP contribution in [0.3, 0.4) is 0 Å². The van der Waals surface area contributed by atoms with Crippen molar-refractivity contribution in [2.45, 2.75) is 52.0 Å². The molecule has 0 aromatic heterocycles. The third-order valence-corrected chi connectivity index (χ3v) is 4.92. The fourth-order valence-corrected chi connectivity index (χ4v) is 3.80. The van der Waals surface area contributed by atoms with Crippen LogP contribution in [0.25, 0.3) is 0 Å². The van der Waals surface area contributed by atoms with Crippen molar-refractivity contribution in [3.8, 4) is 0 Å². The quantitative estimate of drug-likeness (QED) is 0.804. The number of carbonyl (C=O) groups is 2. The zero-order valence-corrected chi connectivity index (χ0v) is 14.3. The molecule has 1 aliphatic carbocycles. The minimum Gasteiger partial charge on any atom is -0.466 e. The van der Waals surface area contributed by atoms with Crippen molar-refractivity contribution in [2.24, 2.45) is 11.8 Å².